The summed E-state index contributed by atoms with van der Waals surface area (Å²) in [5, 5.41) is 16.8. The number of ether oxygens (including phenoxy) is 1. The highest BCUT2D eigenvalue weighted by molar-refractivity contribution is 7.10. The third-order valence-corrected chi connectivity index (χ3v) is 3.99. The van der Waals surface area contributed by atoms with Crippen LogP contribution in [0.5, 0.6) is 5.75 Å². The molecule has 1 atom stereocenters. The molecule has 4 nitrogen and oxygen atoms in total. The summed E-state index contributed by atoms with van der Waals surface area (Å²) in [6.07, 6.45) is 0.964. The zero-order chi connectivity index (χ0) is 13.3. The van der Waals surface area contributed by atoms with Crippen LogP contribution in [0.25, 0.3) is 0 Å². The van der Waals surface area contributed by atoms with Gasteiger partial charge >= 0.3 is 0 Å². The Morgan fingerprint density at radius 3 is 2.67 bits per heavy atom. The van der Waals surface area contributed by atoms with Gasteiger partial charge < -0.3 is 9.84 Å². The molecular weight excluding hydrogens is 248 g/mol. The zero-order valence-electron chi connectivity index (χ0n) is 11.0. The topological polar surface area (TPSA) is 47.3 Å². The Kier molecular flexibility index (Phi) is 3.73. The zero-order valence-corrected chi connectivity index (χ0v) is 11.9. The van der Waals surface area contributed by atoms with E-state index >= 15 is 0 Å². The highest BCUT2D eigenvalue weighted by Gasteiger charge is 2.24. The SMILES string of the molecule is COc1cnn(C(C)C)c1C(O)c1sccc1C. The van der Waals surface area contributed by atoms with Crippen LogP contribution in [-0.2, 0) is 0 Å². The van der Waals surface area contributed by atoms with E-state index in [4.69, 9.17) is 4.74 Å². The summed E-state index contributed by atoms with van der Waals surface area (Å²) in [5.74, 6) is 0.629. The lowest BCUT2D eigenvalue weighted by atomic mass is 10.1. The van der Waals surface area contributed by atoms with E-state index in [1.807, 2.05) is 36.9 Å². The molecule has 0 spiro atoms. The van der Waals surface area contributed by atoms with E-state index < -0.39 is 6.10 Å². The van der Waals surface area contributed by atoms with Gasteiger partial charge in [-0.1, -0.05) is 0 Å². The van der Waals surface area contributed by atoms with Gasteiger partial charge in [-0.25, -0.2) is 0 Å². The lowest BCUT2D eigenvalue weighted by molar-refractivity contribution is 0.202. The summed E-state index contributed by atoms with van der Waals surface area (Å²) < 4.78 is 7.10. The van der Waals surface area contributed by atoms with Crippen LogP contribution in [0.1, 0.15) is 42.1 Å². The van der Waals surface area contributed by atoms with Crippen LogP contribution in [0.2, 0.25) is 0 Å². The minimum absolute atomic E-state index is 0.179. The first-order valence-electron chi connectivity index (χ1n) is 5.89. The number of nitrogens with zero attached hydrogens (tertiary/aromatic N) is 2. The van der Waals surface area contributed by atoms with Crippen LogP contribution < -0.4 is 4.74 Å². The number of aliphatic hydroxyl groups is 1. The van der Waals surface area contributed by atoms with Crippen molar-refractivity contribution < 1.29 is 9.84 Å². The predicted molar refractivity (Wildman–Crippen MR) is 72.3 cm³/mol. The van der Waals surface area contributed by atoms with Crippen molar-refractivity contribution >= 4 is 11.3 Å². The fraction of sp³-hybridized carbons (Fsp3) is 0.462. The summed E-state index contributed by atoms with van der Waals surface area (Å²) in [5.41, 5.74) is 1.81. The monoisotopic (exact) mass is 266 g/mol. The van der Waals surface area contributed by atoms with Gasteiger partial charge in [0.25, 0.3) is 0 Å². The number of aromatic nitrogens is 2. The molecule has 0 saturated carbocycles. The van der Waals surface area contributed by atoms with E-state index in [9.17, 15) is 5.11 Å². The predicted octanol–water partition coefficient (Wildman–Crippen LogP) is 2.92. The first kappa shape index (κ1) is 13.1. The van der Waals surface area contributed by atoms with Crippen molar-refractivity contribution in [3.05, 3.63) is 33.8 Å². The largest absolute Gasteiger partial charge is 0.493 e. The van der Waals surface area contributed by atoms with Crippen molar-refractivity contribution in [2.24, 2.45) is 0 Å². The second-order valence-corrected chi connectivity index (χ2v) is 5.45. The molecule has 0 aliphatic heterocycles. The van der Waals surface area contributed by atoms with E-state index in [1.165, 1.54) is 0 Å². The van der Waals surface area contributed by atoms with Crippen molar-refractivity contribution in [1.82, 2.24) is 9.78 Å². The van der Waals surface area contributed by atoms with Gasteiger partial charge in [0.05, 0.1) is 13.3 Å². The third kappa shape index (κ3) is 2.15. The molecule has 0 saturated heterocycles. The number of rotatable bonds is 4. The molecule has 2 rings (SSSR count). The number of methoxy groups -OCH3 is 1. The molecule has 0 aliphatic rings. The van der Waals surface area contributed by atoms with Gasteiger partial charge in [0.15, 0.2) is 5.75 Å². The Hall–Kier alpha value is -1.33. The second-order valence-electron chi connectivity index (χ2n) is 4.51. The lowest BCUT2D eigenvalue weighted by Gasteiger charge is -2.17. The smallest absolute Gasteiger partial charge is 0.163 e. The molecule has 0 amide bonds. The maximum absolute atomic E-state index is 10.6. The summed E-state index contributed by atoms with van der Waals surface area (Å²) in [6, 6.07) is 2.19. The Morgan fingerprint density at radius 1 is 1.44 bits per heavy atom. The number of hydrogen-bond donors (Lipinski definition) is 1. The lowest BCUT2D eigenvalue weighted by Crippen LogP contribution is -2.12. The minimum Gasteiger partial charge on any atom is -0.493 e. The quantitative estimate of drug-likeness (QED) is 0.925. The summed E-state index contributed by atoms with van der Waals surface area (Å²) in [7, 11) is 1.60. The number of thiophene rings is 1. The molecule has 1 unspecified atom stereocenters. The molecule has 0 aromatic carbocycles. The van der Waals surface area contributed by atoms with Crippen LogP contribution in [0, 0.1) is 6.92 Å². The molecule has 98 valence electrons. The van der Waals surface area contributed by atoms with Crippen molar-refractivity contribution in [2.45, 2.75) is 32.9 Å². The highest BCUT2D eigenvalue weighted by Crippen LogP contribution is 2.35. The molecule has 1 N–H and O–H groups in total. The summed E-state index contributed by atoms with van der Waals surface area (Å²) in [6.45, 7) is 6.06. The molecular formula is C13H18N2O2S. The van der Waals surface area contributed by atoms with Crippen LogP contribution in [-0.4, -0.2) is 22.0 Å². The van der Waals surface area contributed by atoms with E-state index in [0.717, 1.165) is 16.1 Å². The first-order valence-corrected chi connectivity index (χ1v) is 6.77. The van der Waals surface area contributed by atoms with Gasteiger partial charge in [0.1, 0.15) is 11.8 Å². The van der Waals surface area contributed by atoms with E-state index in [-0.39, 0.29) is 6.04 Å². The van der Waals surface area contributed by atoms with E-state index in [2.05, 4.69) is 5.10 Å². The minimum atomic E-state index is -0.690. The molecule has 0 aliphatic carbocycles. The molecule has 0 fully saturated rings. The Balaban J connectivity index is 2.49. The van der Waals surface area contributed by atoms with Gasteiger partial charge in [0.2, 0.25) is 0 Å². The number of aliphatic hydroxyl groups excluding tert-OH is 1. The van der Waals surface area contributed by atoms with Gasteiger partial charge in [-0.2, -0.15) is 5.10 Å². The van der Waals surface area contributed by atoms with Crippen molar-refractivity contribution in [3.63, 3.8) is 0 Å². The average Bonchev–Trinajstić information content (AvgIpc) is 2.93. The first-order chi connectivity index (χ1) is 8.56. The van der Waals surface area contributed by atoms with Crippen LogP contribution in [0.15, 0.2) is 17.6 Å². The number of hydrogen-bond acceptors (Lipinski definition) is 4. The fourth-order valence-corrected chi connectivity index (χ4v) is 2.89. The van der Waals surface area contributed by atoms with Crippen molar-refractivity contribution in [1.29, 1.82) is 0 Å². The van der Waals surface area contributed by atoms with Gasteiger partial charge in [-0.05, 0) is 37.8 Å². The van der Waals surface area contributed by atoms with Gasteiger partial charge in [-0.15, -0.1) is 11.3 Å². The van der Waals surface area contributed by atoms with Gasteiger partial charge in [0, 0.05) is 10.9 Å². The molecule has 0 radical (unpaired) electrons. The van der Waals surface area contributed by atoms with Crippen LogP contribution in [0.3, 0.4) is 0 Å². The number of aryl methyl sites for hydroxylation is 1. The summed E-state index contributed by atoms with van der Waals surface area (Å²) in [4.78, 5) is 0.940. The maximum atomic E-state index is 10.6. The molecule has 2 heterocycles. The van der Waals surface area contributed by atoms with Crippen LogP contribution in [0.4, 0.5) is 0 Å². The van der Waals surface area contributed by atoms with Crippen molar-refractivity contribution in [3.8, 4) is 5.75 Å². The maximum Gasteiger partial charge on any atom is 0.163 e. The standard InChI is InChI=1S/C13H18N2O2S/c1-8(2)15-11(10(17-4)7-14-15)12(16)13-9(3)5-6-18-13/h5-8,12,16H,1-4H3. The Morgan fingerprint density at radius 2 is 2.17 bits per heavy atom. The van der Waals surface area contributed by atoms with E-state index in [1.54, 1.807) is 24.6 Å². The second kappa shape index (κ2) is 5.12. The van der Waals surface area contributed by atoms with E-state index in [0.29, 0.717) is 5.75 Å². The molecule has 0 bridgehead atoms. The molecule has 2 aromatic heterocycles. The average molecular weight is 266 g/mol. The van der Waals surface area contributed by atoms with Gasteiger partial charge in [-0.3, -0.25) is 4.68 Å². The molecule has 5 heteroatoms. The summed E-state index contributed by atoms with van der Waals surface area (Å²) >= 11 is 1.55. The third-order valence-electron chi connectivity index (χ3n) is 2.92. The highest BCUT2D eigenvalue weighted by atomic mass is 32.1. The Labute approximate surface area is 111 Å². The molecule has 18 heavy (non-hydrogen) atoms. The van der Waals surface area contributed by atoms with Crippen LogP contribution >= 0.6 is 11.3 Å². The molecule has 2 aromatic rings. The normalized spacial score (nSPS) is 13.0. The fourth-order valence-electron chi connectivity index (χ4n) is 1.97. The van der Waals surface area contributed by atoms with Crippen molar-refractivity contribution in [2.75, 3.05) is 7.11 Å². The Bertz CT molecular complexity index is 531.